The van der Waals surface area contributed by atoms with Gasteiger partial charge in [0.1, 0.15) is 0 Å². The van der Waals surface area contributed by atoms with Gasteiger partial charge in [-0.25, -0.2) is 19.9 Å². The molecule has 1 fully saturated rings. The number of nitrogens with zero attached hydrogens (tertiary/aromatic N) is 28. The Kier molecular flexibility index (Phi) is 38.1. The van der Waals surface area contributed by atoms with Crippen molar-refractivity contribution in [3.05, 3.63) is 262 Å². The third kappa shape index (κ3) is 27.4. The topological polar surface area (TPSA) is 371 Å². The molecular formula is C116H144N28Pt4. The molecule has 0 aromatic carbocycles. The molecule has 28 nitrogen and oxygen atoms in total. The van der Waals surface area contributed by atoms with Gasteiger partial charge >= 0.3 is 84.3 Å². The Morgan fingerprint density at radius 2 is 0.514 bits per heavy atom. The standard InChI is InChI=1S/2C22H26N6.C18H18N6.C18H22N6.4C9H13N.4Pt/c1-20(2,3)16-9-13(25-26-16)14-10-23-11-15(24-14)18-17-12-7-8-22(6,21(12,4)5)19(17)28-27-18;1-21(2)9-5-7-13-17(25-27-19(13)21)15-11-23-12-16(24-15)18-14-8-6-10-22(3,4)20(14)28-26-18;1-3-7-13-11(5-1)17(23-21-13)15-9-19-10-16(20-15)18-12-6-2-4-8-14(12)22-24-18;1-17(2,3)15-7-11(21-23-15)13-9-19-10-14(20-13)12-8-16(24-22-12)18(4,5)6;4*1-9(2,3)8-4-6-10-7-5-8;;;;/h9-12H,7-8H2,1-6H3;11-12H,5-10H2,1-4H3;9-10H,1-8H2;7-10H,1-6H3;4*4-7H,1-3H3;;;;/q4*-2;;;;;4*+2. The van der Waals surface area contributed by atoms with Crippen molar-refractivity contribution in [2.24, 2.45) is 5.41 Å². The van der Waals surface area contributed by atoms with Crippen molar-refractivity contribution in [3.63, 3.8) is 0 Å². The maximum Gasteiger partial charge on any atom is 2.00 e. The molecular weight excluding hydrogens is 2570 g/mol. The predicted octanol–water partition coefficient (Wildman–Crippen LogP) is 22.6. The molecule has 0 N–H and O–H groups in total. The summed E-state index contributed by atoms with van der Waals surface area (Å²) in [5, 5.41) is 70.4. The van der Waals surface area contributed by atoms with Crippen molar-refractivity contribution in [3.8, 4) is 91.1 Å². The number of pyridine rings is 4. The summed E-state index contributed by atoms with van der Waals surface area (Å²) in [6.07, 6.45) is 46.7. The Bertz CT molecular complexity index is 6550. The van der Waals surface area contributed by atoms with Crippen molar-refractivity contribution in [1.82, 2.24) is 141 Å². The fraction of sp³-hybridized carbons (Fsp3) is 0.483. The molecule has 32 heteroatoms. The summed E-state index contributed by atoms with van der Waals surface area (Å²) in [4.78, 5) is 52.6. The minimum absolute atomic E-state index is 0. The maximum atomic E-state index is 4.90. The van der Waals surface area contributed by atoms with Gasteiger partial charge < -0.3 is 81.6 Å². The van der Waals surface area contributed by atoms with E-state index < -0.39 is 0 Å². The van der Waals surface area contributed by atoms with Crippen molar-refractivity contribution in [1.29, 1.82) is 0 Å². The van der Waals surface area contributed by atoms with Crippen LogP contribution in [0.2, 0.25) is 0 Å². The largest absolute Gasteiger partial charge is 2.00 e. The van der Waals surface area contributed by atoms with Gasteiger partial charge in [0.2, 0.25) is 0 Å². The van der Waals surface area contributed by atoms with E-state index >= 15 is 0 Å². The fourth-order valence-electron chi connectivity index (χ4n) is 19.4. The minimum Gasteiger partial charge on any atom is -0.573 e. The number of aromatic nitrogens is 28. The molecule has 16 heterocycles. The summed E-state index contributed by atoms with van der Waals surface area (Å²) in [6, 6.07) is 22.4. The van der Waals surface area contributed by atoms with Crippen molar-refractivity contribution < 1.29 is 84.3 Å². The van der Waals surface area contributed by atoms with Gasteiger partial charge in [0, 0.05) is 128 Å². The van der Waals surface area contributed by atoms with Crippen molar-refractivity contribution in [2.75, 3.05) is 0 Å². The molecule has 0 aliphatic heterocycles. The molecule has 16 aromatic heterocycles. The zero-order valence-corrected chi connectivity index (χ0v) is 100. The van der Waals surface area contributed by atoms with E-state index in [-0.39, 0.29) is 144 Å². The van der Waals surface area contributed by atoms with Crippen LogP contribution in [0.5, 0.6) is 0 Å². The molecule has 22 rings (SSSR count). The number of hydrogen-bond acceptors (Lipinski definition) is 20. The van der Waals surface area contributed by atoms with Gasteiger partial charge in [-0.1, -0.05) is 258 Å². The molecule has 16 aromatic rings. The Labute approximate surface area is 932 Å². The Balaban J connectivity index is 0.000000166. The van der Waals surface area contributed by atoms with E-state index in [1.165, 1.54) is 94.3 Å². The first kappa shape index (κ1) is 118. The smallest absolute Gasteiger partial charge is 0.573 e. The van der Waals surface area contributed by atoms with Crippen LogP contribution in [0.1, 0.15) is 360 Å². The van der Waals surface area contributed by atoms with E-state index in [4.69, 9.17) is 15.0 Å². The SMILES string of the molecule is CC(C)(C)c1cc(-c2cncc(-c3[n-]nc4c3C3CCC4(C)C3(C)C)n2)[n-]n1.CC(C)(C)c1cc(-c2cncc(-c3cc(C(C)(C)C)n[n-]3)n2)[n-]n1.CC(C)(C)c1ccncc1.CC(C)(C)c1ccncc1.CC(C)(C)c1ccncc1.CC(C)(C)c1ccncc1.CC1(C)CCCc2c1n[n-]c2-c1cncc(-c2[n-]nc3c2CCCC3(C)C)n1.[Pt+2].[Pt+2].[Pt+2].[Pt+2].c1ncc(-c2[n-]nc3c2CCCC3)nc1-c1[n-]nc2c1CCCC2. The predicted molar refractivity (Wildman–Crippen MR) is 567 cm³/mol. The molecule has 0 radical (unpaired) electrons. The summed E-state index contributed by atoms with van der Waals surface area (Å²) in [5.41, 5.74) is 34.1. The van der Waals surface area contributed by atoms with Crippen LogP contribution < -0.4 is 40.8 Å². The Morgan fingerprint density at radius 3 is 0.811 bits per heavy atom. The molecule has 6 aliphatic carbocycles. The van der Waals surface area contributed by atoms with E-state index in [2.05, 4.69) is 369 Å². The summed E-state index contributed by atoms with van der Waals surface area (Å²) >= 11 is 0. The number of hydrogen-bond donors (Lipinski definition) is 0. The average Bonchev–Trinajstić information content (AvgIpc) is 1.52. The third-order valence-electron chi connectivity index (χ3n) is 28.9. The first-order valence-electron chi connectivity index (χ1n) is 51.0. The quantitative estimate of drug-likeness (QED) is 0.136. The zero-order valence-electron chi connectivity index (χ0n) is 91.3. The summed E-state index contributed by atoms with van der Waals surface area (Å²) in [6.45, 7) is 61.5. The van der Waals surface area contributed by atoms with Crippen LogP contribution in [0.3, 0.4) is 0 Å². The van der Waals surface area contributed by atoms with Gasteiger partial charge in [-0.3, -0.25) is 39.9 Å². The first-order valence-corrected chi connectivity index (χ1v) is 51.0. The van der Waals surface area contributed by atoms with E-state index in [1.807, 2.05) is 67.8 Å². The minimum atomic E-state index is -0.0471. The molecule has 788 valence electrons. The van der Waals surface area contributed by atoms with Gasteiger partial charge in [0.25, 0.3) is 0 Å². The first-order chi connectivity index (χ1) is 68.0. The normalized spacial score (nSPS) is 16.4. The van der Waals surface area contributed by atoms with Gasteiger partial charge in [-0.15, -0.1) is 0 Å². The molecule has 148 heavy (non-hydrogen) atoms. The second-order valence-electron chi connectivity index (χ2n) is 48.2. The second-order valence-corrected chi connectivity index (χ2v) is 48.2. The summed E-state index contributed by atoms with van der Waals surface area (Å²) < 4.78 is 0. The molecule has 0 spiro atoms. The Morgan fingerprint density at radius 1 is 0.257 bits per heavy atom. The average molecular weight is 2710 g/mol. The van der Waals surface area contributed by atoms with Crippen LogP contribution in [-0.4, -0.2) is 101 Å². The van der Waals surface area contributed by atoms with E-state index in [9.17, 15) is 0 Å². The van der Waals surface area contributed by atoms with Crippen molar-refractivity contribution >= 4 is 0 Å². The zero-order chi connectivity index (χ0) is 103. The van der Waals surface area contributed by atoms with Crippen LogP contribution in [0.25, 0.3) is 91.1 Å². The van der Waals surface area contributed by atoms with Gasteiger partial charge in [-0.2, -0.15) is 0 Å². The molecule has 2 unspecified atom stereocenters. The van der Waals surface area contributed by atoms with E-state index in [1.54, 1.807) is 49.6 Å². The van der Waals surface area contributed by atoms with Gasteiger partial charge in [0.15, 0.2) is 0 Å². The summed E-state index contributed by atoms with van der Waals surface area (Å²) in [7, 11) is 0. The summed E-state index contributed by atoms with van der Waals surface area (Å²) in [5.74, 6) is 0.481. The van der Waals surface area contributed by atoms with E-state index in [0.29, 0.717) is 17.3 Å². The second kappa shape index (κ2) is 47.9. The van der Waals surface area contributed by atoms with Gasteiger partial charge in [0.05, 0.1) is 95.1 Å². The molecule has 2 atom stereocenters. The molecule has 2 bridgehead atoms. The number of fused-ring (bicyclic) bond motifs is 9. The molecule has 0 saturated heterocycles. The van der Waals surface area contributed by atoms with E-state index in [0.717, 1.165) is 184 Å². The number of rotatable bonds is 8. The molecule has 6 aliphatic rings. The maximum absolute atomic E-state index is 4.90. The monoisotopic (exact) mass is 2710 g/mol. The molecule has 1 saturated carbocycles. The van der Waals surface area contributed by atoms with Crippen molar-refractivity contribution in [2.45, 2.75) is 357 Å². The van der Waals surface area contributed by atoms with Gasteiger partial charge in [-0.05, 0) is 234 Å². The van der Waals surface area contributed by atoms with Crippen LogP contribution in [0.15, 0.2) is 166 Å². The molecule has 0 amide bonds. The fourth-order valence-corrected chi connectivity index (χ4v) is 19.4. The van der Waals surface area contributed by atoms with Crippen LogP contribution in [0, 0.1) is 5.41 Å². The van der Waals surface area contributed by atoms with Crippen LogP contribution in [-0.2, 0) is 177 Å². The van der Waals surface area contributed by atoms with Crippen LogP contribution in [0.4, 0.5) is 0 Å². The van der Waals surface area contributed by atoms with Crippen LogP contribution >= 0.6 is 0 Å². The number of aryl methyl sites for hydroxylation is 2. The third-order valence-corrected chi connectivity index (χ3v) is 28.9. The Hall–Kier alpha value is -10.6.